The molecule has 0 radical (unpaired) electrons. The first kappa shape index (κ1) is 40.9. The largest absolute Gasteiger partial charge is 0.468 e. The zero-order chi connectivity index (χ0) is 35.0. The zero-order valence-electron chi connectivity index (χ0n) is 29.1. The number of aromatic nitrogens is 1. The minimum atomic E-state index is -0.555. The third-order valence-electron chi connectivity index (χ3n) is 7.46. The average Bonchev–Trinajstić information content (AvgIpc) is 3.43. The van der Waals surface area contributed by atoms with Crippen LogP contribution in [0.5, 0.6) is 0 Å². The van der Waals surface area contributed by atoms with E-state index in [0.717, 1.165) is 31.3 Å². The van der Waals surface area contributed by atoms with E-state index in [2.05, 4.69) is 59.8 Å². The number of methoxy groups -OCH3 is 1. The summed E-state index contributed by atoms with van der Waals surface area (Å²) in [7, 11) is 3.07. The van der Waals surface area contributed by atoms with Crippen LogP contribution in [0.3, 0.4) is 0 Å². The molecule has 0 bridgehead atoms. The van der Waals surface area contributed by atoms with Crippen molar-refractivity contribution in [1.29, 1.82) is 0 Å². The molecule has 1 aromatic carbocycles. The van der Waals surface area contributed by atoms with Gasteiger partial charge in [0.1, 0.15) is 13.2 Å². The first-order valence-corrected chi connectivity index (χ1v) is 16.6. The summed E-state index contributed by atoms with van der Waals surface area (Å²) in [5, 5.41) is 11.6. The molecule has 0 spiro atoms. The van der Waals surface area contributed by atoms with E-state index < -0.39 is 17.9 Å². The molecule has 1 unspecified atom stereocenters. The Bertz CT molecular complexity index is 1210. The molecule has 13 nitrogen and oxygen atoms in total. The van der Waals surface area contributed by atoms with E-state index in [0.29, 0.717) is 19.5 Å². The minimum Gasteiger partial charge on any atom is -0.468 e. The van der Waals surface area contributed by atoms with Gasteiger partial charge in [0.25, 0.3) is 0 Å². The average molecular weight is 661 g/mol. The highest BCUT2D eigenvalue weighted by Gasteiger charge is 2.32. The van der Waals surface area contributed by atoms with E-state index >= 15 is 0 Å². The number of hydrogen-bond acceptors (Lipinski definition) is 8. The monoisotopic (exact) mass is 660 g/mol. The summed E-state index contributed by atoms with van der Waals surface area (Å²) in [6.45, 7) is 9.79. The number of piperidine rings is 1. The molecule has 3 heterocycles. The van der Waals surface area contributed by atoms with E-state index in [9.17, 15) is 24.0 Å². The van der Waals surface area contributed by atoms with E-state index in [-0.39, 0.29) is 37.4 Å². The number of nitrogens with zero attached hydrogens (tertiary/aromatic N) is 2. The van der Waals surface area contributed by atoms with Crippen LogP contribution in [-0.4, -0.2) is 98.8 Å². The van der Waals surface area contributed by atoms with E-state index in [1.54, 1.807) is 11.8 Å². The van der Waals surface area contributed by atoms with Crippen molar-refractivity contribution in [2.45, 2.75) is 85.1 Å². The number of carbonyl (C=O) groups excluding carboxylic acids is 5. The zero-order valence-corrected chi connectivity index (χ0v) is 29.1. The smallest absolute Gasteiger partial charge is 0.319 e. The van der Waals surface area contributed by atoms with Crippen LogP contribution in [-0.2, 0) is 28.7 Å². The van der Waals surface area contributed by atoms with Crippen LogP contribution in [0.1, 0.15) is 77.7 Å². The summed E-state index contributed by atoms with van der Waals surface area (Å²) in [5.41, 5.74) is 2.37. The molecule has 2 aliphatic heterocycles. The van der Waals surface area contributed by atoms with Crippen molar-refractivity contribution in [2.75, 3.05) is 53.5 Å². The Hall–Kier alpha value is -4.13. The lowest BCUT2D eigenvalue weighted by molar-refractivity contribution is -0.143. The predicted octanol–water partition coefficient (Wildman–Crippen LogP) is 2.48. The molecule has 264 valence electrons. The van der Waals surface area contributed by atoms with E-state index in [1.165, 1.54) is 48.6 Å². The summed E-state index contributed by atoms with van der Waals surface area (Å²) in [6, 6.07) is 7.64. The number of esters is 1. The van der Waals surface area contributed by atoms with Crippen molar-refractivity contribution in [1.82, 2.24) is 30.9 Å². The van der Waals surface area contributed by atoms with Gasteiger partial charge < -0.3 is 35.7 Å². The van der Waals surface area contributed by atoms with Gasteiger partial charge in [0, 0.05) is 18.1 Å². The fourth-order valence-corrected chi connectivity index (χ4v) is 4.60. The van der Waals surface area contributed by atoms with Crippen LogP contribution < -0.4 is 26.1 Å². The first-order valence-electron chi connectivity index (χ1n) is 16.6. The Morgan fingerprint density at radius 2 is 1.55 bits per heavy atom. The molecule has 2 fully saturated rings. The van der Waals surface area contributed by atoms with E-state index in [4.69, 9.17) is 4.84 Å². The number of para-hydroxylation sites is 1. The predicted molar refractivity (Wildman–Crippen MR) is 183 cm³/mol. The second-order valence-electron chi connectivity index (χ2n) is 11.2. The maximum Gasteiger partial charge on any atom is 0.319 e. The van der Waals surface area contributed by atoms with Gasteiger partial charge in [-0.1, -0.05) is 64.7 Å². The summed E-state index contributed by atoms with van der Waals surface area (Å²) in [4.78, 5) is 64.2. The number of fused-ring (bicyclic) bond motifs is 2. The highest BCUT2D eigenvalue weighted by atomic mass is 16.6. The van der Waals surface area contributed by atoms with Crippen molar-refractivity contribution < 1.29 is 33.5 Å². The van der Waals surface area contributed by atoms with Crippen LogP contribution in [0.4, 0.5) is 0 Å². The van der Waals surface area contributed by atoms with Gasteiger partial charge >= 0.3 is 5.97 Å². The van der Waals surface area contributed by atoms with Gasteiger partial charge in [-0.15, -0.1) is 0 Å². The first-order chi connectivity index (χ1) is 22.6. The molecule has 13 heteroatoms. The number of nitrogens with one attached hydrogen (secondary N) is 4. The standard InChI is InChI=1S/C12H18N4O4.C10H11NO.C8H17NO2.C4H10/c17-9-5-13-10(18)6-15-12(20)8-3-1-2-4-16(8)11(19)7-14-9;1-8-7-11(12-2)10-6-4-3-5-9(8)10;1-3-4-5-6-9-7-8(10)11-2;1-3-4-2/h8H,1-7H2,(H,13,18)(H,14,17)(H,15,20);3-7H,1-2H3;9H,3-7H2,1-2H3;3-4H2,1-2H3. The maximum absolute atomic E-state index is 12.1. The Morgan fingerprint density at radius 1 is 0.894 bits per heavy atom. The minimum absolute atomic E-state index is 0.154. The van der Waals surface area contributed by atoms with Crippen LogP contribution in [0.15, 0.2) is 30.5 Å². The molecule has 2 aromatic rings. The number of rotatable bonds is 8. The Morgan fingerprint density at radius 3 is 2.19 bits per heavy atom. The number of hydrogen-bond donors (Lipinski definition) is 4. The summed E-state index contributed by atoms with van der Waals surface area (Å²) < 4.78 is 6.24. The highest BCUT2D eigenvalue weighted by molar-refractivity contribution is 5.94. The number of benzene rings is 1. The molecule has 1 atom stereocenters. The number of amides is 4. The quantitative estimate of drug-likeness (QED) is 0.248. The Balaban J connectivity index is 0.000000352. The fraction of sp³-hybridized carbons (Fsp3) is 0.618. The van der Waals surface area contributed by atoms with Gasteiger partial charge in [0.15, 0.2) is 0 Å². The second-order valence-corrected chi connectivity index (χ2v) is 11.2. The van der Waals surface area contributed by atoms with Gasteiger partial charge in [0.05, 0.1) is 38.8 Å². The maximum atomic E-state index is 12.1. The Labute approximate surface area is 279 Å². The Kier molecular flexibility index (Phi) is 21.0. The van der Waals surface area contributed by atoms with E-state index in [1.807, 2.05) is 24.4 Å². The van der Waals surface area contributed by atoms with Crippen LogP contribution in [0, 0.1) is 6.92 Å². The van der Waals surface area contributed by atoms with Crippen molar-refractivity contribution in [3.05, 3.63) is 36.0 Å². The molecular formula is C34H56N6O7. The van der Waals surface area contributed by atoms with Gasteiger partial charge in [-0.3, -0.25) is 24.0 Å². The molecule has 47 heavy (non-hydrogen) atoms. The molecular weight excluding hydrogens is 604 g/mol. The van der Waals surface area contributed by atoms with Crippen molar-refractivity contribution >= 4 is 40.5 Å². The molecule has 2 saturated heterocycles. The van der Waals surface area contributed by atoms with Gasteiger partial charge in [-0.25, -0.2) is 0 Å². The number of ether oxygens (including phenoxy) is 1. The molecule has 0 saturated carbocycles. The fourth-order valence-electron chi connectivity index (χ4n) is 4.60. The summed E-state index contributed by atoms with van der Waals surface area (Å²) in [5.74, 6) is -1.64. The second kappa shape index (κ2) is 24.1. The van der Waals surface area contributed by atoms with Crippen LogP contribution >= 0.6 is 0 Å². The molecule has 4 amide bonds. The molecule has 1 aromatic heterocycles. The topological polar surface area (TPSA) is 160 Å². The summed E-state index contributed by atoms with van der Waals surface area (Å²) in [6.07, 6.45) is 10.5. The summed E-state index contributed by atoms with van der Waals surface area (Å²) >= 11 is 0. The lowest BCUT2D eigenvalue weighted by Crippen LogP contribution is -2.56. The normalized spacial score (nSPS) is 16.5. The molecule has 0 aliphatic carbocycles. The van der Waals surface area contributed by atoms with Crippen molar-refractivity contribution in [3.63, 3.8) is 0 Å². The lowest BCUT2D eigenvalue weighted by Gasteiger charge is -2.35. The van der Waals surface area contributed by atoms with Crippen LogP contribution in [0.25, 0.3) is 10.9 Å². The third kappa shape index (κ3) is 15.8. The van der Waals surface area contributed by atoms with Gasteiger partial charge in [-0.05, 0) is 50.8 Å². The SMILES string of the molecule is CCCC.CCCCCNCC(=O)OC.COn1cc(C)c2ccccc21.O=C1CNC(=O)CNC(=O)C2CCCCN2C(=O)CN1. The van der Waals surface area contributed by atoms with Crippen molar-refractivity contribution in [2.24, 2.45) is 0 Å². The number of carbonyl (C=O) groups is 5. The highest BCUT2D eigenvalue weighted by Crippen LogP contribution is 2.19. The molecule has 4 rings (SSSR count). The number of unbranched alkanes of at least 4 members (excludes halogenated alkanes) is 3. The molecule has 2 aliphatic rings. The van der Waals surface area contributed by atoms with Crippen LogP contribution in [0.2, 0.25) is 0 Å². The molecule has 4 N–H and O–H groups in total. The van der Waals surface area contributed by atoms with Gasteiger partial charge in [-0.2, -0.15) is 4.73 Å². The van der Waals surface area contributed by atoms with Gasteiger partial charge in [0.2, 0.25) is 23.6 Å². The lowest BCUT2D eigenvalue weighted by atomic mass is 10.0. The van der Waals surface area contributed by atoms with Crippen molar-refractivity contribution in [3.8, 4) is 0 Å². The number of aryl methyl sites for hydroxylation is 1. The third-order valence-corrected chi connectivity index (χ3v) is 7.46.